The van der Waals surface area contributed by atoms with Crippen molar-refractivity contribution < 1.29 is 4.79 Å². The van der Waals surface area contributed by atoms with E-state index in [-0.39, 0.29) is 5.91 Å². The van der Waals surface area contributed by atoms with Crippen LogP contribution in [0, 0.1) is 11.8 Å². The lowest BCUT2D eigenvalue weighted by Gasteiger charge is -2.29. The maximum atomic E-state index is 11.7. The molecular weight excluding hydrogens is 200 g/mol. The predicted octanol–water partition coefficient (Wildman–Crippen LogP) is 2.06. The standard InChI is InChI=1S/C13H26N2O/c1-3-11-5-4-6-12(8-11)15-13(16)7-10(2)9-14/h10-12H,3-9,14H2,1-2H3,(H,15,16). The lowest BCUT2D eigenvalue weighted by Crippen LogP contribution is -2.39. The molecule has 0 spiro atoms. The molecule has 0 aromatic carbocycles. The van der Waals surface area contributed by atoms with E-state index in [1.54, 1.807) is 0 Å². The van der Waals surface area contributed by atoms with Gasteiger partial charge in [-0.2, -0.15) is 0 Å². The third kappa shape index (κ3) is 4.52. The average molecular weight is 226 g/mol. The van der Waals surface area contributed by atoms with Crippen LogP contribution in [0.15, 0.2) is 0 Å². The van der Waals surface area contributed by atoms with Gasteiger partial charge in [0.2, 0.25) is 5.91 Å². The Labute approximate surface area is 99.2 Å². The third-order valence-electron chi connectivity index (χ3n) is 3.66. The second-order valence-corrected chi connectivity index (χ2v) is 5.25. The summed E-state index contributed by atoms with van der Waals surface area (Å²) >= 11 is 0. The number of amides is 1. The summed E-state index contributed by atoms with van der Waals surface area (Å²) in [7, 11) is 0. The number of hydrogen-bond acceptors (Lipinski definition) is 2. The zero-order valence-corrected chi connectivity index (χ0v) is 10.7. The average Bonchev–Trinajstić information content (AvgIpc) is 2.28. The van der Waals surface area contributed by atoms with Crippen molar-refractivity contribution in [3.63, 3.8) is 0 Å². The zero-order valence-electron chi connectivity index (χ0n) is 10.7. The molecule has 0 saturated heterocycles. The lowest BCUT2D eigenvalue weighted by atomic mass is 9.84. The highest BCUT2D eigenvalue weighted by Crippen LogP contribution is 2.26. The monoisotopic (exact) mass is 226 g/mol. The predicted molar refractivity (Wildman–Crippen MR) is 67.0 cm³/mol. The summed E-state index contributed by atoms with van der Waals surface area (Å²) in [4.78, 5) is 11.7. The van der Waals surface area contributed by atoms with Crippen LogP contribution in [0.4, 0.5) is 0 Å². The van der Waals surface area contributed by atoms with E-state index in [4.69, 9.17) is 5.73 Å². The van der Waals surface area contributed by atoms with Gasteiger partial charge in [0.1, 0.15) is 0 Å². The second-order valence-electron chi connectivity index (χ2n) is 5.25. The molecule has 3 nitrogen and oxygen atoms in total. The molecule has 0 aromatic rings. The molecule has 16 heavy (non-hydrogen) atoms. The van der Waals surface area contributed by atoms with Gasteiger partial charge in [0.15, 0.2) is 0 Å². The molecule has 3 heteroatoms. The molecule has 1 saturated carbocycles. The smallest absolute Gasteiger partial charge is 0.220 e. The Morgan fingerprint density at radius 2 is 2.25 bits per heavy atom. The maximum absolute atomic E-state index is 11.7. The number of carbonyl (C=O) groups is 1. The molecule has 1 fully saturated rings. The third-order valence-corrected chi connectivity index (χ3v) is 3.66. The van der Waals surface area contributed by atoms with Crippen molar-refractivity contribution in [3.05, 3.63) is 0 Å². The van der Waals surface area contributed by atoms with Crippen LogP contribution < -0.4 is 11.1 Å². The van der Waals surface area contributed by atoms with Gasteiger partial charge in [-0.1, -0.05) is 33.1 Å². The first-order valence-corrected chi connectivity index (χ1v) is 6.65. The molecule has 3 unspecified atom stereocenters. The van der Waals surface area contributed by atoms with Gasteiger partial charge in [0.25, 0.3) is 0 Å². The summed E-state index contributed by atoms with van der Waals surface area (Å²) in [6.07, 6.45) is 6.73. The molecule has 0 radical (unpaired) electrons. The Morgan fingerprint density at radius 3 is 2.88 bits per heavy atom. The SMILES string of the molecule is CCC1CCCC(NC(=O)CC(C)CN)C1. The molecular formula is C13H26N2O. The minimum Gasteiger partial charge on any atom is -0.353 e. The van der Waals surface area contributed by atoms with E-state index < -0.39 is 0 Å². The summed E-state index contributed by atoms with van der Waals surface area (Å²) in [5.41, 5.74) is 5.52. The second kappa shape index (κ2) is 6.89. The maximum Gasteiger partial charge on any atom is 0.220 e. The van der Waals surface area contributed by atoms with Gasteiger partial charge < -0.3 is 11.1 Å². The van der Waals surface area contributed by atoms with E-state index in [2.05, 4.69) is 12.2 Å². The van der Waals surface area contributed by atoms with Crippen LogP contribution in [-0.2, 0) is 4.79 Å². The van der Waals surface area contributed by atoms with Gasteiger partial charge in [0, 0.05) is 12.5 Å². The van der Waals surface area contributed by atoms with Crippen LogP contribution in [0.2, 0.25) is 0 Å². The van der Waals surface area contributed by atoms with E-state index in [9.17, 15) is 4.79 Å². The lowest BCUT2D eigenvalue weighted by molar-refractivity contribution is -0.122. The molecule has 3 N–H and O–H groups in total. The van der Waals surface area contributed by atoms with Crippen LogP contribution in [0.5, 0.6) is 0 Å². The Morgan fingerprint density at radius 1 is 1.50 bits per heavy atom. The minimum absolute atomic E-state index is 0.180. The van der Waals surface area contributed by atoms with Gasteiger partial charge >= 0.3 is 0 Å². The van der Waals surface area contributed by atoms with E-state index >= 15 is 0 Å². The van der Waals surface area contributed by atoms with Gasteiger partial charge in [-0.05, 0) is 31.2 Å². The van der Waals surface area contributed by atoms with Gasteiger partial charge in [-0.15, -0.1) is 0 Å². The van der Waals surface area contributed by atoms with E-state index in [1.165, 1.54) is 25.7 Å². The number of nitrogens with two attached hydrogens (primary N) is 1. The topological polar surface area (TPSA) is 55.1 Å². The number of rotatable bonds is 5. The molecule has 1 aliphatic rings. The van der Waals surface area contributed by atoms with Gasteiger partial charge in [0.05, 0.1) is 0 Å². The fraction of sp³-hybridized carbons (Fsp3) is 0.923. The van der Waals surface area contributed by atoms with Crippen molar-refractivity contribution in [3.8, 4) is 0 Å². The van der Waals surface area contributed by atoms with Crippen LogP contribution in [0.25, 0.3) is 0 Å². The van der Waals surface area contributed by atoms with Crippen molar-refractivity contribution in [2.24, 2.45) is 17.6 Å². The highest BCUT2D eigenvalue weighted by Gasteiger charge is 2.22. The summed E-state index contributed by atoms with van der Waals surface area (Å²) in [5.74, 6) is 1.29. The number of nitrogens with one attached hydrogen (secondary N) is 1. The van der Waals surface area contributed by atoms with Crippen molar-refractivity contribution in [2.75, 3.05) is 6.54 Å². The summed E-state index contributed by atoms with van der Waals surface area (Å²) in [6, 6.07) is 0.413. The first-order valence-electron chi connectivity index (χ1n) is 6.65. The molecule has 0 aromatic heterocycles. The van der Waals surface area contributed by atoms with E-state index in [1.807, 2.05) is 6.92 Å². The first kappa shape index (κ1) is 13.5. The van der Waals surface area contributed by atoms with Gasteiger partial charge in [-0.25, -0.2) is 0 Å². The minimum atomic E-state index is 0.180. The van der Waals surface area contributed by atoms with Crippen LogP contribution in [-0.4, -0.2) is 18.5 Å². The molecule has 1 amide bonds. The molecule has 1 rings (SSSR count). The summed E-state index contributed by atoms with van der Waals surface area (Å²) < 4.78 is 0. The van der Waals surface area contributed by atoms with Crippen molar-refractivity contribution in [1.82, 2.24) is 5.32 Å². The van der Waals surface area contributed by atoms with Crippen LogP contribution in [0.3, 0.4) is 0 Å². The summed E-state index contributed by atoms with van der Waals surface area (Å²) in [6.45, 7) is 4.86. The highest BCUT2D eigenvalue weighted by molar-refractivity contribution is 5.76. The molecule has 3 atom stereocenters. The Hall–Kier alpha value is -0.570. The fourth-order valence-electron chi connectivity index (χ4n) is 2.48. The normalized spacial score (nSPS) is 27.4. The zero-order chi connectivity index (χ0) is 12.0. The largest absolute Gasteiger partial charge is 0.353 e. The first-order chi connectivity index (χ1) is 7.65. The molecule has 94 valence electrons. The Kier molecular flexibility index (Phi) is 5.81. The summed E-state index contributed by atoms with van der Waals surface area (Å²) in [5, 5.41) is 3.15. The number of hydrogen-bond donors (Lipinski definition) is 2. The quantitative estimate of drug-likeness (QED) is 0.754. The van der Waals surface area contributed by atoms with Crippen LogP contribution >= 0.6 is 0 Å². The highest BCUT2D eigenvalue weighted by atomic mass is 16.1. The van der Waals surface area contributed by atoms with Crippen molar-refractivity contribution in [2.45, 2.75) is 58.4 Å². The van der Waals surface area contributed by atoms with E-state index in [0.29, 0.717) is 24.9 Å². The molecule has 0 heterocycles. The van der Waals surface area contributed by atoms with Gasteiger partial charge in [-0.3, -0.25) is 4.79 Å². The Balaban J connectivity index is 2.27. The Bertz CT molecular complexity index is 218. The fourth-order valence-corrected chi connectivity index (χ4v) is 2.48. The molecule has 1 aliphatic carbocycles. The molecule has 0 aliphatic heterocycles. The number of carbonyl (C=O) groups excluding carboxylic acids is 1. The van der Waals surface area contributed by atoms with Crippen LogP contribution in [0.1, 0.15) is 52.4 Å². The van der Waals surface area contributed by atoms with E-state index in [0.717, 1.165) is 12.3 Å². The van der Waals surface area contributed by atoms with Crippen molar-refractivity contribution >= 4 is 5.91 Å². The molecule has 0 bridgehead atoms. The van der Waals surface area contributed by atoms with Crippen molar-refractivity contribution in [1.29, 1.82) is 0 Å².